The van der Waals surface area contributed by atoms with Gasteiger partial charge in [0.15, 0.2) is 5.82 Å². The largest absolute Gasteiger partial charge is 0.345 e. The Morgan fingerprint density at radius 1 is 1.21 bits per heavy atom. The van der Waals surface area contributed by atoms with Crippen molar-refractivity contribution in [2.75, 3.05) is 0 Å². The molecule has 0 atom stereocenters. The molecule has 0 saturated carbocycles. The first-order chi connectivity index (χ1) is 13.6. The van der Waals surface area contributed by atoms with Crippen molar-refractivity contribution < 1.29 is 9.18 Å². The zero-order chi connectivity index (χ0) is 19.5. The van der Waals surface area contributed by atoms with Crippen molar-refractivity contribution in [3.05, 3.63) is 78.3 Å². The highest BCUT2D eigenvalue weighted by Gasteiger charge is 2.16. The molecule has 0 bridgehead atoms. The fourth-order valence-electron chi connectivity index (χ4n) is 2.66. The third-order valence-corrected chi connectivity index (χ3v) is 3.99. The molecule has 1 amide bonds. The summed E-state index contributed by atoms with van der Waals surface area (Å²) in [5, 5.41) is 11.1. The van der Waals surface area contributed by atoms with E-state index < -0.39 is 5.91 Å². The molecule has 0 saturated heterocycles. The summed E-state index contributed by atoms with van der Waals surface area (Å²) >= 11 is 0. The van der Waals surface area contributed by atoms with E-state index in [2.05, 4.69) is 30.5 Å². The maximum absolute atomic E-state index is 13.1. The molecule has 28 heavy (non-hydrogen) atoms. The zero-order valence-electron chi connectivity index (χ0n) is 14.8. The highest BCUT2D eigenvalue weighted by molar-refractivity contribution is 5.90. The molecule has 0 aliphatic carbocycles. The topological polar surface area (TPSA) is 103 Å². The van der Waals surface area contributed by atoms with Gasteiger partial charge in [0, 0.05) is 18.3 Å². The van der Waals surface area contributed by atoms with Gasteiger partial charge in [-0.05, 0) is 37.3 Å². The lowest BCUT2D eigenvalue weighted by atomic mass is 10.2. The van der Waals surface area contributed by atoms with Crippen LogP contribution in [0.3, 0.4) is 0 Å². The second-order valence-electron chi connectivity index (χ2n) is 5.88. The Balaban J connectivity index is 1.51. The van der Waals surface area contributed by atoms with Crippen molar-refractivity contribution in [2.24, 2.45) is 0 Å². The van der Waals surface area contributed by atoms with Crippen LogP contribution in [0, 0.1) is 12.7 Å². The van der Waals surface area contributed by atoms with Gasteiger partial charge in [0.05, 0.1) is 5.69 Å². The van der Waals surface area contributed by atoms with Crippen LogP contribution in [0.25, 0.3) is 11.5 Å². The number of aryl methyl sites for hydroxylation is 1. The van der Waals surface area contributed by atoms with Gasteiger partial charge in [-0.25, -0.2) is 28.7 Å². The zero-order valence-corrected chi connectivity index (χ0v) is 14.8. The number of rotatable bonds is 5. The van der Waals surface area contributed by atoms with E-state index in [0.717, 1.165) is 5.56 Å². The minimum atomic E-state index is -0.433. The van der Waals surface area contributed by atoms with Crippen molar-refractivity contribution >= 4 is 5.91 Å². The van der Waals surface area contributed by atoms with Gasteiger partial charge in [0.1, 0.15) is 24.3 Å². The van der Waals surface area contributed by atoms with Crippen LogP contribution in [0.4, 0.5) is 4.39 Å². The third-order valence-electron chi connectivity index (χ3n) is 3.99. The average molecular weight is 378 g/mol. The van der Waals surface area contributed by atoms with Gasteiger partial charge in [0.2, 0.25) is 5.82 Å². The molecule has 0 unspecified atom stereocenters. The number of carbonyl (C=O) groups excluding carboxylic acids is 1. The van der Waals surface area contributed by atoms with Gasteiger partial charge in [-0.15, -0.1) is 5.10 Å². The Hall–Kier alpha value is -3.95. The van der Waals surface area contributed by atoms with Crippen molar-refractivity contribution in [3.8, 4) is 11.5 Å². The minimum Gasteiger partial charge on any atom is -0.345 e. The molecule has 10 heteroatoms. The molecule has 9 nitrogen and oxygen atoms in total. The van der Waals surface area contributed by atoms with Crippen LogP contribution in [0.1, 0.15) is 22.0 Å². The van der Waals surface area contributed by atoms with Gasteiger partial charge in [-0.2, -0.15) is 5.10 Å². The number of carbonyl (C=O) groups is 1. The molecular formula is C18H15FN8O. The van der Waals surface area contributed by atoms with Crippen LogP contribution in [0.2, 0.25) is 0 Å². The number of halogens is 1. The van der Waals surface area contributed by atoms with Crippen LogP contribution in [0.5, 0.6) is 0 Å². The van der Waals surface area contributed by atoms with Gasteiger partial charge in [-0.3, -0.25) is 4.79 Å². The van der Waals surface area contributed by atoms with Crippen LogP contribution in [-0.2, 0) is 6.54 Å². The molecule has 0 fully saturated rings. The fourth-order valence-corrected chi connectivity index (χ4v) is 2.66. The molecule has 4 aromatic rings. The lowest BCUT2D eigenvalue weighted by Gasteiger charge is -2.08. The van der Waals surface area contributed by atoms with E-state index >= 15 is 0 Å². The quantitative estimate of drug-likeness (QED) is 0.566. The highest BCUT2D eigenvalue weighted by atomic mass is 19.1. The van der Waals surface area contributed by atoms with E-state index in [0.29, 0.717) is 17.3 Å². The van der Waals surface area contributed by atoms with Crippen molar-refractivity contribution in [3.63, 3.8) is 0 Å². The van der Waals surface area contributed by atoms with Crippen LogP contribution in [0.15, 0.2) is 55.2 Å². The second kappa shape index (κ2) is 7.35. The predicted molar refractivity (Wildman–Crippen MR) is 96.4 cm³/mol. The maximum atomic E-state index is 13.1. The molecule has 3 aromatic heterocycles. The Bertz CT molecular complexity index is 1110. The molecule has 0 spiro atoms. The third kappa shape index (κ3) is 3.47. The van der Waals surface area contributed by atoms with E-state index in [1.807, 2.05) is 6.07 Å². The molecule has 0 aliphatic rings. The monoisotopic (exact) mass is 378 g/mol. The van der Waals surface area contributed by atoms with Crippen LogP contribution in [-0.4, -0.2) is 40.4 Å². The Kier molecular flexibility index (Phi) is 4.58. The number of nitrogens with zero attached hydrogens (tertiary/aromatic N) is 7. The first kappa shape index (κ1) is 17.5. The fraction of sp³-hybridized carbons (Fsp3) is 0.111. The lowest BCUT2D eigenvalue weighted by molar-refractivity contribution is 0.0940. The van der Waals surface area contributed by atoms with Crippen LogP contribution >= 0.6 is 0 Å². The standard InChI is InChI=1S/C18H15FN8O/c1-12-24-16(25-27(12)15-6-4-14(19)5-7-15)18(28)22-9-13-3-2-8-21-17(13)26-11-20-10-23-26/h2-8,10-11H,9H2,1H3,(H,22,28). The van der Waals surface area contributed by atoms with E-state index in [9.17, 15) is 9.18 Å². The summed E-state index contributed by atoms with van der Waals surface area (Å²) in [6.45, 7) is 1.93. The van der Waals surface area contributed by atoms with Crippen LogP contribution < -0.4 is 5.32 Å². The van der Waals surface area contributed by atoms with E-state index in [1.165, 1.54) is 34.2 Å². The van der Waals surface area contributed by atoms with Gasteiger partial charge >= 0.3 is 0 Å². The molecule has 3 heterocycles. The maximum Gasteiger partial charge on any atom is 0.291 e. The molecule has 1 N–H and O–H groups in total. The average Bonchev–Trinajstić information content (AvgIpc) is 3.37. The molecule has 0 radical (unpaired) electrons. The predicted octanol–water partition coefficient (Wildman–Crippen LogP) is 1.62. The first-order valence-electron chi connectivity index (χ1n) is 8.38. The van der Waals surface area contributed by atoms with Gasteiger partial charge < -0.3 is 5.32 Å². The van der Waals surface area contributed by atoms with E-state index in [1.54, 1.807) is 31.3 Å². The Morgan fingerprint density at radius 3 is 2.79 bits per heavy atom. The summed E-state index contributed by atoms with van der Waals surface area (Å²) in [5.41, 5.74) is 1.38. The number of benzene rings is 1. The second-order valence-corrected chi connectivity index (χ2v) is 5.88. The smallest absolute Gasteiger partial charge is 0.291 e. The summed E-state index contributed by atoms with van der Waals surface area (Å²) in [7, 11) is 0. The number of aromatic nitrogens is 7. The molecular weight excluding hydrogens is 363 g/mol. The summed E-state index contributed by atoms with van der Waals surface area (Å²) < 4.78 is 16.1. The highest BCUT2D eigenvalue weighted by Crippen LogP contribution is 2.12. The summed E-state index contributed by atoms with van der Waals surface area (Å²) in [4.78, 5) is 24.9. The summed E-state index contributed by atoms with van der Waals surface area (Å²) in [6.07, 6.45) is 4.58. The Labute approximate surface area is 158 Å². The number of pyridine rings is 1. The van der Waals surface area contributed by atoms with Crippen molar-refractivity contribution in [2.45, 2.75) is 13.5 Å². The number of hydrogen-bond acceptors (Lipinski definition) is 6. The number of hydrogen-bond donors (Lipinski definition) is 1. The van der Waals surface area contributed by atoms with E-state index in [4.69, 9.17) is 0 Å². The van der Waals surface area contributed by atoms with Crippen molar-refractivity contribution in [1.82, 2.24) is 39.8 Å². The first-order valence-corrected chi connectivity index (χ1v) is 8.38. The van der Waals surface area contributed by atoms with E-state index in [-0.39, 0.29) is 18.2 Å². The summed E-state index contributed by atoms with van der Waals surface area (Å²) in [6, 6.07) is 9.39. The van der Waals surface area contributed by atoms with Gasteiger partial charge in [-0.1, -0.05) is 6.07 Å². The minimum absolute atomic E-state index is 0.0213. The molecule has 1 aromatic carbocycles. The SMILES string of the molecule is Cc1nc(C(=O)NCc2cccnc2-n2cncn2)nn1-c1ccc(F)cc1. The molecule has 140 valence electrons. The number of amides is 1. The van der Waals surface area contributed by atoms with Gasteiger partial charge in [0.25, 0.3) is 5.91 Å². The van der Waals surface area contributed by atoms with Crippen molar-refractivity contribution in [1.29, 1.82) is 0 Å². The molecule has 4 rings (SSSR count). The summed E-state index contributed by atoms with van der Waals surface area (Å²) in [5.74, 6) is 0.326. The lowest BCUT2D eigenvalue weighted by Crippen LogP contribution is -2.25. The Morgan fingerprint density at radius 2 is 2.04 bits per heavy atom. The molecule has 0 aliphatic heterocycles. The normalized spacial score (nSPS) is 10.8. The number of nitrogens with one attached hydrogen (secondary N) is 1.